The molecule has 2 rings (SSSR count). The van der Waals surface area contributed by atoms with E-state index in [1.165, 1.54) is 6.92 Å². The molecule has 1 amide bonds. The first-order chi connectivity index (χ1) is 11.3. The Morgan fingerprint density at radius 1 is 1.17 bits per heavy atom. The Balaban J connectivity index is 2.56. The third-order valence-corrected chi connectivity index (χ3v) is 3.75. The van der Waals surface area contributed by atoms with Gasteiger partial charge in [0, 0.05) is 31.0 Å². The maximum Gasteiger partial charge on any atom is 0.341 e. The lowest BCUT2D eigenvalue weighted by Gasteiger charge is -2.25. The minimum Gasteiger partial charge on any atom is -0.462 e. The maximum atomic E-state index is 12.3. The number of anilines is 1. The molecule has 24 heavy (non-hydrogen) atoms. The van der Waals surface area contributed by atoms with Gasteiger partial charge in [-0.2, -0.15) is 0 Å². The van der Waals surface area contributed by atoms with E-state index in [0.717, 1.165) is 11.3 Å². The van der Waals surface area contributed by atoms with Gasteiger partial charge in [0.2, 0.25) is 5.91 Å². The molecular weight excluding hydrogens is 304 g/mol. The van der Waals surface area contributed by atoms with E-state index < -0.39 is 5.97 Å². The molecule has 0 aliphatic rings. The van der Waals surface area contributed by atoms with Gasteiger partial charge in [0.1, 0.15) is 5.56 Å². The fourth-order valence-electron chi connectivity index (χ4n) is 2.68. The van der Waals surface area contributed by atoms with Crippen molar-refractivity contribution in [3.8, 4) is 5.69 Å². The smallest absolute Gasteiger partial charge is 0.341 e. The van der Waals surface area contributed by atoms with Gasteiger partial charge in [0.25, 0.3) is 0 Å². The molecule has 5 nitrogen and oxygen atoms in total. The third-order valence-electron chi connectivity index (χ3n) is 3.75. The molecule has 1 aromatic carbocycles. The first kappa shape index (κ1) is 17.8. The van der Waals surface area contributed by atoms with Crippen LogP contribution in [0, 0.1) is 6.92 Å². The van der Waals surface area contributed by atoms with Crippen molar-refractivity contribution in [2.75, 3.05) is 11.5 Å². The van der Waals surface area contributed by atoms with E-state index in [1.807, 2.05) is 49.6 Å². The van der Waals surface area contributed by atoms with Crippen molar-refractivity contribution in [2.24, 2.45) is 0 Å². The number of nitrogens with zero attached hydrogens (tertiary/aromatic N) is 2. The number of benzene rings is 1. The molecule has 1 aromatic heterocycles. The topological polar surface area (TPSA) is 51.5 Å². The summed E-state index contributed by atoms with van der Waals surface area (Å²) in [7, 11) is 0. The molecule has 0 saturated carbocycles. The summed E-state index contributed by atoms with van der Waals surface area (Å²) in [6.07, 6.45) is 3.52. The standard InChI is InChI=1S/C19H24N2O3/c1-6-24-19(23)17-11-20(16-9-7-14(4)8-10-16)12-18(17)21(13(2)3)15(5)22/h7-13H,6H2,1-5H3. The zero-order valence-corrected chi connectivity index (χ0v) is 14.9. The van der Waals surface area contributed by atoms with Crippen LogP contribution in [0.3, 0.4) is 0 Å². The number of aromatic nitrogens is 1. The molecule has 0 aliphatic carbocycles. The van der Waals surface area contributed by atoms with Crippen molar-refractivity contribution in [3.05, 3.63) is 47.8 Å². The van der Waals surface area contributed by atoms with Gasteiger partial charge in [-0.15, -0.1) is 0 Å². The van der Waals surface area contributed by atoms with Crippen LogP contribution in [-0.4, -0.2) is 29.1 Å². The Morgan fingerprint density at radius 3 is 2.29 bits per heavy atom. The maximum absolute atomic E-state index is 12.3. The molecular formula is C19H24N2O3. The zero-order valence-electron chi connectivity index (χ0n) is 14.9. The second kappa shape index (κ2) is 7.34. The molecule has 0 N–H and O–H groups in total. The lowest BCUT2D eigenvalue weighted by molar-refractivity contribution is -0.116. The van der Waals surface area contributed by atoms with Gasteiger partial charge < -0.3 is 14.2 Å². The highest BCUT2D eigenvalue weighted by Crippen LogP contribution is 2.27. The lowest BCUT2D eigenvalue weighted by atomic mass is 10.2. The minimum atomic E-state index is -0.426. The van der Waals surface area contributed by atoms with Gasteiger partial charge in [0.05, 0.1) is 12.3 Å². The number of rotatable bonds is 5. The predicted octanol–water partition coefficient (Wildman–Crippen LogP) is 3.72. The highest BCUT2D eigenvalue weighted by Gasteiger charge is 2.25. The third kappa shape index (κ3) is 3.67. The molecule has 2 aromatic rings. The first-order valence-corrected chi connectivity index (χ1v) is 8.11. The van der Waals surface area contributed by atoms with E-state index in [1.54, 1.807) is 24.2 Å². The van der Waals surface area contributed by atoms with Crippen LogP contribution < -0.4 is 4.90 Å². The van der Waals surface area contributed by atoms with Crippen molar-refractivity contribution in [2.45, 2.75) is 40.7 Å². The zero-order chi connectivity index (χ0) is 17.9. The van der Waals surface area contributed by atoms with Crippen LogP contribution in [0.5, 0.6) is 0 Å². The SMILES string of the molecule is CCOC(=O)c1cn(-c2ccc(C)cc2)cc1N(C(C)=O)C(C)C. The number of amides is 1. The van der Waals surface area contributed by atoms with Crippen molar-refractivity contribution in [1.82, 2.24) is 4.57 Å². The molecule has 0 unspecified atom stereocenters. The average molecular weight is 328 g/mol. The van der Waals surface area contributed by atoms with E-state index >= 15 is 0 Å². The van der Waals surface area contributed by atoms with Crippen LogP contribution in [-0.2, 0) is 9.53 Å². The largest absolute Gasteiger partial charge is 0.462 e. The molecule has 0 aliphatic heterocycles. The van der Waals surface area contributed by atoms with Crippen molar-refractivity contribution >= 4 is 17.6 Å². The number of esters is 1. The van der Waals surface area contributed by atoms with Crippen LogP contribution in [0.1, 0.15) is 43.6 Å². The van der Waals surface area contributed by atoms with Crippen LogP contribution in [0.2, 0.25) is 0 Å². The summed E-state index contributed by atoms with van der Waals surface area (Å²) in [5.74, 6) is -0.539. The van der Waals surface area contributed by atoms with Gasteiger partial charge in [0.15, 0.2) is 0 Å². The monoisotopic (exact) mass is 328 g/mol. The Morgan fingerprint density at radius 2 is 1.79 bits per heavy atom. The number of aryl methyl sites for hydroxylation is 1. The second-order valence-electron chi connectivity index (χ2n) is 6.00. The lowest BCUT2D eigenvalue weighted by Crippen LogP contribution is -2.35. The van der Waals surface area contributed by atoms with Gasteiger partial charge in [-0.3, -0.25) is 4.79 Å². The summed E-state index contributed by atoms with van der Waals surface area (Å²) in [5, 5.41) is 0. The number of carbonyl (C=O) groups excluding carboxylic acids is 2. The van der Waals surface area contributed by atoms with Crippen LogP contribution in [0.4, 0.5) is 5.69 Å². The second-order valence-corrected chi connectivity index (χ2v) is 6.00. The summed E-state index contributed by atoms with van der Waals surface area (Å²) in [4.78, 5) is 26.0. The van der Waals surface area contributed by atoms with Crippen LogP contribution in [0.25, 0.3) is 5.69 Å². The fourth-order valence-corrected chi connectivity index (χ4v) is 2.68. The molecule has 5 heteroatoms. The molecule has 0 radical (unpaired) electrons. The summed E-state index contributed by atoms with van der Waals surface area (Å²) < 4.78 is 7.00. The van der Waals surface area contributed by atoms with Crippen molar-refractivity contribution in [1.29, 1.82) is 0 Å². The molecule has 128 valence electrons. The minimum absolute atomic E-state index is 0.0652. The quantitative estimate of drug-likeness (QED) is 0.786. The fraction of sp³-hybridized carbons (Fsp3) is 0.368. The van der Waals surface area contributed by atoms with Gasteiger partial charge in [-0.1, -0.05) is 17.7 Å². The molecule has 0 fully saturated rings. The number of ether oxygens (including phenoxy) is 1. The van der Waals surface area contributed by atoms with E-state index in [-0.39, 0.29) is 18.6 Å². The van der Waals surface area contributed by atoms with Crippen molar-refractivity contribution in [3.63, 3.8) is 0 Å². The average Bonchev–Trinajstić information content (AvgIpc) is 2.92. The number of hydrogen-bond acceptors (Lipinski definition) is 3. The molecule has 0 atom stereocenters. The van der Waals surface area contributed by atoms with Gasteiger partial charge >= 0.3 is 5.97 Å². The summed E-state index contributed by atoms with van der Waals surface area (Å²) in [5.41, 5.74) is 3.03. The van der Waals surface area contributed by atoms with E-state index in [4.69, 9.17) is 4.74 Å². The molecule has 0 spiro atoms. The Labute approximate surface area is 142 Å². The number of carbonyl (C=O) groups is 2. The molecule has 1 heterocycles. The van der Waals surface area contributed by atoms with Crippen molar-refractivity contribution < 1.29 is 14.3 Å². The highest BCUT2D eigenvalue weighted by atomic mass is 16.5. The predicted molar refractivity (Wildman–Crippen MR) is 94.8 cm³/mol. The van der Waals surface area contributed by atoms with Crippen LogP contribution in [0.15, 0.2) is 36.7 Å². The first-order valence-electron chi connectivity index (χ1n) is 8.11. The summed E-state index contributed by atoms with van der Waals surface area (Å²) in [6, 6.07) is 7.89. The molecule has 0 saturated heterocycles. The van der Waals surface area contributed by atoms with E-state index in [2.05, 4.69) is 0 Å². The van der Waals surface area contributed by atoms with E-state index in [9.17, 15) is 9.59 Å². The van der Waals surface area contributed by atoms with Gasteiger partial charge in [-0.25, -0.2) is 4.79 Å². The number of hydrogen-bond donors (Lipinski definition) is 0. The Bertz CT molecular complexity index is 730. The Hall–Kier alpha value is -2.56. The normalized spacial score (nSPS) is 10.8. The summed E-state index contributed by atoms with van der Waals surface area (Å²) >= 11 is 0. The Kier molecular flexibility index (Phi) is 5.44. The summed E-state index contributed by atoms with van der Waals surface area (Å²) in [6.45, 7) is 9.40. The highest BCUT2D eigenvalue weighted by molar-refractivity contribution is 6.02. The van der Waals surface area contributed by atoms with E-state index in [0.29, 0.717) is 11.3 Å². The van der Waals surface area contributed by atoms with Gasteiger partial charge in [-0.05, 0) is 39.8 Å². The molecule has 0 bridgehead atoms. The van der Waals surface area contributed by atoms with Crippen LogP contribution >= 0.6 is 0 Å².